The average molecular weight is 405 g/mol. The number of aliphatic imine (C=N–C) groups is 1. The molecule has 9 nitrogen and oxygen atoms in total. The van der Waals surface area contributed by atoms with Gasteiger partial charge >= 0.3 is 0 Å². The van der Waals surface area contributed by atoms with Crippen molar-refractivity contribution in [2.45, 2.75) is 39.8 Å². The third-order valence-corrected chi connectivity index (χ3v) is 3.62. The smallest absolute Gasteiger partial charge is 0.248 e. The van der Waals surface area contributed by atoms with Crippen LogP contribution in [0.3, 0.4) is 0 Å². The second-order valence-corrected chi connectivity index (χ2v) is 6.60. The molecule has 0 amide bonds. The molecule has 9 heteroatoms. The van der Waals surface area contributed by atoms with Gasteiger partial charge in [0.05, 0.1) is 19.3 Å². The topological polar surface area (TPSA) is 103 Å². The van der Waals surface area contributed by atoms with Gasteiger partial charge in [-0.1, -0.05) is 5.16 Å². The van der Waals surface area contributed by atoms with E-state index in [1.165, 1.54) is 0 Å². The summed E-state index contributed by atoms with van der Waals surface area (Å²) < 4.78 is 21.2. The number of guanidine groups is 1. The van der Waals surface area contributed by atoms with Crippen LogP contribution in [-0.2, 0) is 16.0 Å². The predicted molar refractivity (Wildman–Crippen MR) is 111 cm³/mol. The Bertz CT molecular complexity index is 731. The van der Waals surface area contributed by atoms with Crippen molar-refractivity contribution in [3.8, 4) is 5.75 Å². The molecule has 0 fully saturated rings. The van der Waals surface area contributed by atoms with Crippen LogP contribution >= 0.6 is 0 Å². The summed E-state index contributed by atoms with van der Waals surface area (Å²) in [6.07, 6.45) is 0.974. The number of methoxy groups -OCH3 is 1. The van der Waals surface area contributed by atoms with Gasteiger partial charge in [-0.15, -0.1) is 0 Å². The molecule has 2 aromatic rings. The van der Waals surface area contributed by atoms with Crippen LogP contribution in [0.15, 0.2) is 33.8 Å². The van der Waals surface area contributed by atoms with E-state index >= 15 is 0 Å². The molecule has 160 valence electrons. The number of rotatable bonds is 12. The number of anilines is 1. The molecular weight excluding hydrogens is 374 g/mol. The van der Waals surface area contributed by atoms with Gasteiger partial charge in [0.1, 0.15) is 12.3 Å². The van der Waals surface area contributed by atoms with E-state index in [0.29, 0.717) is 44.0 Å². The summed E-state index contributed by atoms with van der Waals surface area (Å²) >= 11 is 0. The summed E-state index contributed by atoms with van der Waals surface area (Å²) in [5.74, 6) is 2.50. The van der Waals surface area contributed by atoms with Crippen molar-refractivity contribution >= 4 is 11.6 Å². The first kappa shape index (κ1) is 22.6. The fourth-order valence-electron chi connectivity index (χ4n) is 2.34. The SMILES string of the molecule is COCCOCCCNC(=NCc1nc(C)no1)Nc1ccc(OC(C)C)cc1. The molecule has 0 bridgehead atoms. The lowest BCUT2D eigenvalue weighted by molar-refractivity contribution is 0.0699. The summed E-state index contributed by atoms with van der Waals surface area (Å²) in [4.78, 5) is 8.71. The monoisotopic (exact) mass is 405 g/mol. The fraction of sp³-hybridized carbons (Fsp3) is 0.550. The lowest BCUT2D eigenvalue weighted by Gasteiger charge is -2.14. The fourth-order valence-corrected chi connectivity index (χ4v) is 2.34. The maximum absolute atomic E-state index is 5.68. The highest BCUT2D eigenvalue weighted by atomic mass is 16.5. The number of ether oxygens (including phenoxy) is 3. The maximum Gasteiger partial charge on any atom is 0.248 e. The molecule has 0 radical (unpaired) electrons. The number of benzene rings is 1. The molecular formula is C20H31N5O4. The molecule has 0 saturated carbocycles. The number of nitrogens with zero attached hydrogens (tertiary/aromatic N) is 3. The Morgan fingerprint density at radius 2 is 1.97 bits per heavy atom. The molecule has 2 N–H and O–H groups in total. The van der Waals surface area contributed by atoms with Gasteiger partial charge in [-0.3, -0.25) is 0 Å². The van der Waals surface area contributed by atoms with Crippen LogP contribution in [0.25, 0.3) is 0 Å². The third-order valence-electron chi connectivity index (χ3n) is 3.62. The molecule has 0 saturated heterocycles. The van der Waals surface area contributed by atoms with Gasteiger partial charge in [0.25, 0.3) is 0 Å². The van der Waals surface area contributed by atoms with Crippen molar-refractivity contribution in [3.05, 3.63) is 36.0 Å². The lowest BCUT2D eigenvalue weighted by atomic mass is 10.3. The van der Waals surface area contributed by atoms with Gasteiger partial charge in [-0.25, -0.2) is 4.99 Å². The first-order valence-electron chi connectivity index (χ1n) is 9.74. The second kappa shape index (κ2) is 12.7. The van der Waals surface area contributed by atoms with E-state index in [-0.39, 0.29) is 12.6 Å². The molecule has 29 heavy (non-hydrogen) atoms. The van der Waals surface area contributed by atoms with E-state index < -0.39 is 0 Å². The van der Waals surface area contributed by atoms with Crippen LogP contribution < -0.4 is 15.4 Å². The third kappa shape index (κ3) is 9.40. The van der Waals surface area contributed by atoms with Crippen molar-refractivity contribution in [1.29, 1.82) is 0 Å². The van der Waals surface area contributed by atoms with Gasteiger partial charge in [-0.05, 0) is 51.5 Å². The molecule has 0 aliphatic heterocycles. The minimum Gasteiger partial charge on any atom is -0.491 e. The molecule has 0 aliphatic carbocycles. The Morgan fingerprint density at radius 1 is 1.17 bits per heavy atom. The number of hydrogen-bond donors (Lipinski definition) is 2. The zero-order valence-corrected chi connectivity index (χ0v) is 17.6. The quantitative estimate of drug-likeness (QED) is 0.316. The summed E-state index contributed by atoms with van der Waals surface area (Å²) in [5.41, 5.74) is 0.894. The van der Waals surface area contributed by atoms with Gasteiger partial charge in [0.2, 0.25) is 5.89 Å². The summed E-state index contributed by atoms with van der Waals surface area (Å²) in [7, 11) is 1.66. The van der Waals surface area contributed by atoms with E-state index in [1.807, 2.05) is 38.1 Å². The Labute approximate surface area is 171 Å². The zero-order chi connectivity index (χ0) is 20.9. The highest BCUT2D eigenvalue weighted by Crippen LogP contribution is 2.16. The Hall–Kier alpha value is -2.65. The molecule has 1 aromatic carbocycles. The normalized spacial score (nSPS) is 11.7. The number of aromatic nitrogens is 2. The van der Waals surface area contributed by atoms with Crippen LogP contribution in [0.1, 0.15) is 32.0 Å². The van der Waals surface area contributed by atoms with E-state index in [9.17, 15) is 0 Å². The molecule has 0 atom stereocenters. The standard InChI is InChI=1S/C20H31N5O4/c1-15(2)28-18-8-6-17(7-9-18)24-20(21-10-5-11-27-13-12-26-4)22-14-19-23-16(3)25-29-19/h6-9,15H,5,10-14H2,1-4H3,(H2,21,22,24). The summed E-state index contributed by atoms with van der Waals surface area (Å²) in [5, 5.41) is 10.4. The van der Waals surface area contributed by atoms with Crippen LogP contribution in [0.4, 0.5) is 5.69 Å². The second-order valence-electron chi connectivity index (χ2n) is 6.60. The molecule has 0 unspecified atom stereocenters. The van der Waals surface area contributed by atoms with Gasteiger partial charge in [0, 0.05) is 25.9 Å². The van der Waals surface area contributed by atoms with Crippen molar-refractivity contribution in [1.82, 2.24) is 15.5 Å². The Balaban J connectivity index is 1.90. The first-order valence-corrected chi connectivity index (χ1v) is 9.74. The number of nitrogens with one attached hydrogen (secondary N) is 2. The maximum atomic E-state index is 5.68. The van der Waals surface area contributed by atoms with Crippen LogP contribution in [0, 0.1) is 6.92 Å². The van der Waals surface area contributed by atoms with Crippen molar-refractivity contribution in [3.63, 3.8) is 0 Å². The Kier molecular flexibility index (Phi) is 9.94. The van der Waals surface area contributed by atoms with Crippen LogP contribution in [0.2, 0.25) is 0 Å². The van der Waals surface area contributed by atoms with Gasteiger partial charge < -0.3 is 29.4 Å². The molecule has 2 rings (SSSR count). The van der Waals surface area contributed by atoms with Crippen LogP contribution in [-0.4, -0.2) is 55.7 Å². The average Bonchev–Trinajstić information content (AvgIpc) is 3.11. The van der Waals surface area contributed by atoms with E-state index in [0.717, 1.165) is 17.9 Å². The van der Waals surface area contributed by atoms with Crippen LogP contribution in [0.5, 0.6) is 5.75 Å². The first-order chi connectivity index (χ1) is 14.1. The predicted octanol–water partition coefficient (Wildman–Crippen LogP) is 2.78. The largest absolute Gasteiger partial charge is 0.491 e. The van der Waals surface area contributed by atoms with Crippen molar-refractivity contribution in [2.24, 2.45) is 4.99 Å². The molecule has 1 aromatic heterocycles. The highest BCUT2D eigenvalue weighted by Gasteiger charge is 2.05. The summed E-state index contributed by atoms with van der Waals surface area (Å²) in [6.45, 7) is 8.61. The minimum absolute atomic E-state index is 0.136. The van der Waals surface area contributed by atoms with Crippen molar-refractivity contribution < 1.29 is 18.7 Å². The highest BCUT2D eigenvalue weighted by molar-refractivity contribution is 5.93. The number of hydrogen-bond acceptors (Lipinski definition) is 7. The molecule has 0 aliphatic rings. The van der Waals surface area contributed by atoms with Gasteiger partial charge in [-0.2, -0.15) is 4.98 Å². The van der Waals surface area contributed by atoms with Crippen molar-refractivity contribution in [2.75, 3.05) is 38.8 Å². The Morgan fingerprint density at radius 3 is 2.62 bits per heavy atom. The van der Waals surface area contributed by atoms with E-state index in [2.05, 4.69) is 25.8 Å². The van der Waals surface area contributed by atoms with E-state index in [1.54, 1.807) is 14.0 Å². The van der Waals surface area contributed by atoms with E-state index in [4.69, 9.17) is 18.7 Å². The summed E-state index contributed by atoms with van der Waals surface area (Å²) in [6, 6.07) is 7.73. The molecule has 0 spiro atoms. The zero-order valence-electron chi connectivity index (χ0n) is 17.6. The lowest BCUT2D eigenvalue weighted by Crippen LogP contribution is -2.32. The molecule has 1 heterocycles. The van der Waals surface area contributed by atoms with Gasteiger partial charge in [0.15, 0.2) is 11.8 Å². The number of aryl methyl sites for hydroxylation is 1. The minimum atomic E-state index is 0.136.